The van der Waals surface area contributed by atoms with E-state index in [2.05, 4.69) is 5.32 Å². The van der Waals surface area contributed by atoms with Gasteiger partial charge in [0.15, 0.2) is 3.54 Å². The van der Waals surface area contributed by atoms with Gasteiger partial charge >= 0.3 is 0 Å². The summed E-state index contributed by atoms with van der Waals surface area (Å²) in [4.78, 5) is 10.9. The number of rotatable bonds is 0. The predicted octanol–water partition coefficient (Wildman–Crippen LogP) is 0.941. The van der Waals surface area contributed by atoms with Crippen LogP contribution in [0.3, 0.4) is 0 Å². The monoisotopic (exact) mass is 193 g/mol. The summed E-state index contributed by atoms with van der Waals surface area (Å²) in [6.07, 6.45) is 0. The third-order valence-corrected chi connectivity index (χ3v) is 6.11. The lowest BCUT2D eigenvalue weighted by Gasteiger charge is -2.17. The van der Waals surface area contributed by atoms with Gasteiger partial charge in [0, 0.05) is 12.3 Å². The van der Waals surface area contributed by atoms with Gasteiger partial charge in [-0.3, -0.25) is 10.1 Å². The molecule has 5 heteroatoms. The van der Waals surface area contributed by atoms with Crippen molar-refractivity contribution in [3.63, 3.8) is 0 Å². The van der Waals surface area contributed by atoms with Crippen LogP contribution < -0.4 is 5.32 Å². The fourth-order valence-corrected chi connectivity index (χ4v) is 5.25. The van der Waals surface area contributed by atoms with Gasteiger partial charge in [0.1, 0.15) is 0 Å². The van der Waals surface area contributed by atoms with Crippen molar-refractivity contribution in [3.05, 3.63) is 0 Å². The van der Waals surface area contributed by atoms with E-state index in [0.717, 1.165) is 12.3 Å². The van der Waals surface area contributed by atoms with Crippen LogP contribution in [0.5, 0.6) is 0 Å². The SMILES string of the molecule is O=C1CSC2(NCCS2)S1. The van der Waals surface area contributed by atoms with E-state index in [1.807, 2.05) is 11.8 Å². The fourth-order valence-electron chi connectivity index (χ4n) is 0.962. The van der Waals surface area contributed by atoms with Gasteiger partial charge in [0.2, 0.25) is 5.12 Å². The minimum Gasteiger partial charge on any atom is -0.286 e. The smallest absolute Gasteiger partial charge is 0.202 e. The molecule has 2 aliphatic rings. The van der Waals surface area contributed by atoms with Gasteiger partial charge in [-0.15, -0.1) is 23.5 Å². The molecule has 1 atom stereocenters. The number of thioether (sulfide) groups is 3. The summed E-state index contributed by atoms with van der Waals surface area (Å²) in [7, 11) is 0. The average Bonchev–Trinajstić information content (AvgIpc) is 2.46. The molecule has 0 saturated carbocycles. The van der Waals surface area contributed by atoms with Crippen LogP contribution in [-0.2, 0) is 4.79 Å². The van der Waals surface area contributed by atoms with E-state index in [1.165, 1.54) is 11.8 Å². The first kappa shape index (κ1) is 7.34. The summed E-state index contributed by atoms with van der Waals surface area (Å²) >= 11 is 5.03. The van der Waals surface area contributed by atoms with Gasteiger partial charge in [0.25, 0.3) is 0 Å². The lowest BCUT2D eigenvalue weighted by molar-refractivity contribution is -0.108. The van der Waals surface area contributed by atoms with Crippen molar-refractivity contribution in [1.82, 2.24) is 5.32 Å². The van der Waals surface area contributed by atoms with Crippen LogP contribution >= 0.6 is 35.3 Å². The lowest BCUT2D eigenvalue weighted by atomic mass is 10.8. The number of carbonyl (C=O) groups excluding carboxylic acids is 1. The van der Waals surface area contributed by atoms with Gasteiger partial charge in [-0.05, 0) is 11.8 Å². The van der Waals surface area contributed by atoms with E-state index < -0.39 is 0 Å². The zero-order chi connectivity index (χ0) is 7.03. The van der Waals surface area contributed by atoms with E-state index >= 15 is 0 Å². The van der Waals surface area contributed by atoms with Crippen LogP contribution in [0.1, 0.15) is 0 Å². The van der Waals surface area contributed by atoms with Crippen molar-refractivity contribution in [1.29, 1.82) is 0 Å². The highest BCUT2D eigenvalue weighted by atomic mass is 32.3. The second-order valence-corrected chi connectivity index (χ2v) is 6.64. The molecule has 0 radical (unpaired) electrons. The molecule has 1 unspecified atom stereocenters. The topological polar surface area (TPSA) is 29.1 Å². The molecule has 2 fully saturated rings. The molecule has 2 aliphatic heterocycles. The van der Waals surface area contributed by atoms with Gasteiger partial charge in [-0.2, -0.15) is 0 Å². The Morgan fingerprint density at radius 3 is 2.90 bits per heavy atom. The Morgan fingerprint density at radius 1 is 1.50 bits per heavy atom. The Morgan fingerprint density at radius 2 is 2.40 bits per heavy atom. The second kappa shape index (κ2) is 2.62. The van der Waals surface area contributed by atoms with Crippen LogP contribution in [0.4, 0.5) is 0 Å². The number of carbonyl (C=O) groups is 1. The average molecular weight is 193 g/mol. The van der Waals surface area contributed by atoms with Crippen LogP contribution in [0.25, 0.3) is 0 Å². The highest BCUT2D eigenvalue weighted by Crippen LogP contribution is 2.52. The maximum atomic E-state index is 10.9. The van der Waals surface area contributed by atoms with Crippen molar-refractivity contribution >= 4 is 40.4 Å². The molecule has 0 aliphatic carbocycles. The zero-order valence-electron chi connectivity index (χ0n) is 5.25. The highest BCUT2D eigenvalue weighted by molar-refractivity contribution is 8.42. The predicted molar refractivity (Wildman–Crippen MR) is 48.2 cm³/mol. The number of nitrogens with one attached hydrogen (secondary N) is 1. The van der Waals surface area contributed by atoms with Gasteiger partial charge in [-0.1, -0.05) is 0 Å². The molecule has 0 aromatic rings. The summed E-state index contributed by atoms with van der Waals surface area (Å²) in [5.74, 6) is 1.80. The minimum absolute atomic E-state index is 0.0110. The Hall–Kier alpha value is 0.680. The molecule has 1 spiro atoms. The van der Waals surface area contributed by atoms with Crippen molar-refractivity contribution in [2.75, 3.05) is 18.1 Å². The molecule has 2 nitrogen and oxygen atoms in total. The normalized spacial score (nSPS) is 39.8. The van der Waals surface area contributed by atoms with Crippen LogP contribution in [0, 0.1) is 0 Å². The lowest BCUT2D eigenvalue weighted by Crippen LogP contribution is -2.27. The van der Waals surface area contributed by atoms with E-state index in [-0.39, 0.29) is 3.54 Å². The van der Waals surface area contributed by atoms with Crippen molar-refractivity contribution in [2.24, 2.45) is 0 Å². The van der Waals surface area contributed by atoms with Crippen LogP contribution in [0.2, 0.25) is 0 Å². The van der Waals surface area contributed by atoms with Gasteiger partial charge in [0.05, 0.1) is 5.75 Å². The first-order chi connectivity index (χ1) is 4.81. The third-order valence-electron chi connectivity index (χ3n) is 1.36. The standard InChI is InChI=1S/C5H7NOS3/c7-4-3-9-5(10-4)6-1-2-8-5/h6H,1-3H2. The minimum atomic E-state index is 0.0110. The fraction of sp³-hybridized carbons (Fsp3) is 0.800. The van der Waals surface area contributed by atoms with Crippen LogP contribution in [0.15, 0.2) is 0 Å². The Bertz CT molecular complexity index is 166. The molecular formula is C5H7NOS3. The quantitative estimate of drug-likeness (QED) is 0.618. The van der Waals surface area contributed by atoms with E-state index in [1.54, 1.807) is 11.8 Å². The third kappa shape index (κ3) is 1.20. The summed E-state index contributed by atoms with van der Waals surface area (Å²) in [5, 5.41) is 3.64. The first-order valence-electron chi connectivity index (χ1n) is 3.06. The Kier molecular flexibility index (Phi) is 1.92. The van der Waals surface area contributed by atoms with E-state index in [9.17, 15) is 4.79 Å². The molecule has 2 saturated heterocycles. The summed E-state index contributed by atoms with van der Waals surface area (Å²) in [6.45, 7) is 1.04. The molecule has 56 valence electrons. The number of hydrogen-bond acceptors (Lipinski definition) is 5. The van der Waals surface area contributed by atoms with Crippen molar-refractivity contribution in [2.45, 2.75) is 3.54 Å². The maximum absolute atomic E-state index is 10.9. The highest BCUT2D eigenvalue weighted by Gasteiger charge is 2.43. The first-order valence-corrected chi connectivity index (χ1v) is 5.84. The van der Waals surface area contributed by atoms with Crippen molar-refractivity contribution in [3.8, 4) is 0 Å². The van der Waals surface area contributed by atoms with Gasteiger partial charge in [-0.25, -0.2) is 0 Å². The van der Waals surface area contributed by atoms with E-state index in [0.29, 0.717) is 10.9 Å². The summed E-state index contributed by atoms with van der Waals surface area (Å²) < 4.78 is 0.0110. The molecule has 10 heavy (non-hydrogen) atoms. The molecule has 2 rings (SSSR count). The maximum Gasteiger partial charge on any atom is 0.202 e. The molecule has 0 bridgehead atoms. The molecular weight excluding hydrogens is 186 g/mol. The Balaban J connectivity index is 2.09. The van der Waals surface area contributed by atoms with Crippen LogP contribution in [-0.4, -0.2) is 26.7 Å². The summed E-state index contributed by atoms with van der Waals surface area (Å²) in [6, 6.07) is 0. The largest absolute Gasteiger partial charge is 0.286 e. The molecule has 0 aromatic carbocycles. The Labute approximate surface area is 72.3 Å². The molecule has 1 N–H and O–H groups in total. The zero-order valence-corrected chi connectivity index (χ0v) is 7.70. The molecule has 0 amide bonds. The van der Waals surface area contributed by atoms with Gasteiger partial charge < -0.3 is 0 Å². The molecule has 0 aromatic heterocycles. The molecule has 2 heterocycles. The summed E-state index contributed by atoms with van der Waals surface area (Å²) in [5.41, 5.74) is 0. The number of hydrogen-bond donors (Lipinski definition) is 1. The second-order valence-electron chi connectivity index (χ2n) is 2.09. The van der Waals surface area contributed by atoms with Crippen molar-refractivity contribution < 1.29 is 4.79 Å². The van der Waals surface area contributed by atoms with E-state index in [4.69, 9.17) is 0 Å².